The summed E-state index contributed by atoms with van der Waals surface area (Å²) in [5, 5.41) is 18.3. The molecule has 0 aliphatic heterocycles. The van der Waals surface area contributed by atoms with Gasteiger partial charge in [0.2, 0.25) is 0 Å². The average Bonchev–Trinajstić information content (AvgIpc) is 2.56. The molecule has 0 saturated carbocycles. The maximum Gasteiger partial charge on any atom is 0.308 e. The first-order valence-corrected chi connectivity index (χ1v) is 7.53. The molecule has 0 aliphatic carbocycles. The van der Waals surface area contributed by atoms with Crippen LogP contribution in [0.4, 0.5) is 5.69 Å². The highest BCUT2D eigenvalue weighted by Crippen LogP contribution is 2.20. The maximum atomic E-state index is 11.2. The van der Waals surface area contributed by atoms with Crippen LogP contribution in [0.1, 0.15) is 23.6 Å². The van der Waals surface area contributed by atoms with E-state index in [1.807, 2.05) is 48.2 Å². The third-order valence-electron chi connectivity index (χ3n) is 3.75. The van der Waals surface area contributed by atoms with E-state index in [0.717, 1.165) is 11.3 Å². The Balaban J connectivity index is 2.28. The minimum absolute atomic E-state index is 0.387. The number of anilines is 1. The van der Waals surface area contributed by atoms with Crippen LogP contribution in [0.2, 0.25) is 0 Å². The molecule has 0 heterocycles. The molecule has 2 aromatic rings. The molecule has 0 radical (unpaired) electrons. The zero-order valence-electron chi connectivity index (χ0n) is 13.4. The fourth-order valence-corrected chi connectivity index (χ4v) is 2.36. The topological polar surface area (TPSA) is 64.3 Å². The van der Waals surface area contributed by atoms with Gasteiger partial charge in [0, 0.05) is 18.8 Å². The van der Waals surface area contributed by atoms with Gasteiger partial charge in [-0.05, 0) is 30.7 Å². The van der Waals surface area contributed by atoms with Gasteiger partial charge in [0.15, 0.2) is 0 Å². The SMILES string of the molecule is Cc1ccc(CN(CC(C)C(=O)O)c2cccc(C#N)c2)cc1. The van der Waals surface area contributed by atoms with Crippen molar-refractivity contribution < 1.29 is 9.90 Å². The predicted molar refractivity (Wildman–Crippen MR) is 90.2 cm³/mol. The number of hydrogen-bond donors (Lipinski definition) is 1. The van der Waals surface area contributed by atoms with Gasteiger partial charge >= 0.3 is 5.97 Å². The number of carbonyl (C=O) groups is 1. The number of carboxylic acid groups (broad SMARTS) is 1. The predicted octanol–water partition coefficient (Wildman–Crippen LogP) is 3.59. The van der Waals surface area contributed by atoms with Crippen LogP contribution in [0.15, 0.2) is 48.5 Å². The molecule has 1 unspecified atom stereocenters. The third-order valence-corrected chi connectivity index (χ3v) is 3.75. The lowest BCUT2D eigenvalue weighted by atomic mass is 10.1. The summed E-state index contributed by atoms with van der Waals surface area (Å²) in [6.07, 6.45) is 0. The molecule has 0 saturated heterocycles. The first kappa shape index (κ1) is 16.6. The highest BCUT2D eigenvalue weighted by molar-refractivity contribution is 5.70. The highest BCUT2D eigenvalue weighted by Gasteiger charge is 2.17. The van der Waals surface area contributed by atoms with Gasteiger partial charge in [-0.15, -0.1) is 0 Å². The fourth-order valence-electron chi connectivity index (χ4n) is 2.36. The molecule has 0 spiro atoms. The van der Waals surface area contributed by atoms with Gasteiger partial charge < -0.3 is 10.0 Å². The van der Waals surface area contributed by atoms with E-state index in [9.17, 15) is 9.90 Å². The van der Waals surface area contributed by atoms with Crippen molar-refractivity contribution in [3.63, 3.8) is 0 Å². The molecule has 0 amide bonds. The minimum atomic E-state index is -0.824. The lowest BCUT2D eigenvalue weighted by Gasteiger charge is -2.27. The first-order valence-electron chi connectivity index (χ1n) is 7.53. The van der Waals surface area contributed by atoms with Crippen LogP contribution in [0.5, 0.6) is 0 Å². The fraction of sp³-hybridized carbons (Fsp3) is 0.263. The highest BCUT2D eigenvalue weighted by atomic mass is 16.4. The molecule has 4 nitrogen and oxygen atoms in total. The number of carboxylic acids is 1. The van der Waals surface area contributed by atoms with Gasteiger partial charge in [-0.2, -0.15) is 5.26 Å². The van der Waals surface area contributed by atoms with E-state index in [-0.39, 0.29) is 0 Å². The molecule has 1 atom stereocenters. The quantitative estimate of drug-likeness (QED) is 0.885. The van der Waals surface area contributed by atoms with E-state index in [4.69, 9.17) is 5.26 Å². The van der Waals surface area contributed by atoms with E-state index in [0.29, 0.717) is 18.7 Å². The summed E-state index contributed by atoms with van der Waals surface area (Å²) < 4.78 is 0. The smallest absolute Gasteiger partial charge is 0.308 e. The summed E-state index contributed by atoms with van der Waals surface area (Å²) in [5.41, 5.74) is 3.72. The second-order valence-electron chi connectivity index (χ2n) is 5.77. The average molecular weight is 308 g/mol. The normalized spacial score (nSPS) is 11.5. The number of benzene rings is 2. The van der Waals surface area contributed by atoms with Crippen molar-refractivity contribution in [1.29, 1.82) is 5.26 Å². The van der Waals surface area contributed by atoms with Gasteiger partial charge in [0.1, 0.15) is 0 Å². The zero-order valence-corrected chi connectivity index (χ0v) is 13.4. The molecule has 0 aromatic heterocycles. The lowest BCUT2D eigenvalue weighted by Crippen LogP contribution is -2.31. The van der Waals surface area contributed by atoms with Crippen LogP contribution >= 0.6 is 0 Å². The van der Waals surface area contributed by atoms with E-state index < -0.39 is 11.9 Å². The molecule has 2 rings (SSSR count). The van der Waals surface area contributed by atoms with Crippen molar-refractivity contribution in [2.75, 3.05) is 11.4 Å². The van der Waals surface area contributed by atoms with Crippen LogP contribution in [-0.2, 0) is 11.3 Å². The molecular weight excluding hydrogens is 288 g/mol. The van der Waals surface area contributed by atoms with Crippen LogP contribution in [-0.4, -0.2) is 17.6 Å². The van der Waals surface area contributed by atoms with Gasteiger partial charge in [0.05, 0.1) is 17.6 Å². The molecule has 0 fully saturated rings. The number of nitriles is 1. The summed E-state index contributed by atoms with van der Waals surface area (Å²) >= 11 is 0. The van der Waals surface area contributed by atoms with Crippen molar-refractivity contribution in [3.05, 3.63) is 65.2 Å². The van der Waals surface area contributed by atoms with Gasteiger partial charge in [0.25, 0.3) is 0 Å². The molecule has 4 heteroatoms. The summed E-state index contributed by atoms with van der Waals surface area (Å²) in [7, 11) is 0. The van der Waals surface area contributed by atoms with E-state index in [2.05, 4.69) is 6.07 Å². The van der Waals surface area contributed by atoms with Crippen LogP contribution in [0, 0.1) is 24.2 Å². The number of nitrogens with zero attached hydrogens (tertiary/aromatic N) is 2. The Labute approximate surface area is 136 Å². The number of rotatable bonds is 6. The molecule has 2 aromatic carbocycles. The Hall–Kier alpha value is -2.80. The van der Waals surface area contributed by atoms with Gasteiger partial charge in [-0.25, -0.2) is 0 Å². The maximum absolute atomic E-state index is 11.2. The van der Waals surface area contributed by atoms with E-state index in [1.165, 1.54) is 5.56 Å². The zero-order chi connectivity index (χ0) is 16.8. The summed E-state index contributed by atoms with van der Waals surface area (Å²) in [4.78, 5) is 13.2. The Morgan fingerprint density at radius 1 is 1.26 bits per heavy atom. The van der Waals surface area contributed by atoms with E-state index >= 15 is 0 Å². The Morgan fingerprint density at radius 2 is 1.96 bits per heavy atom. The van der Waals surface area contributed by atoms with Crippen molar-refractivity contribution in [1.82, 2.24) is 0 Å². The molecule has 23 heavy (non-hydrogen) atoms. The number of aliphatic carboxylic acids is 1. The Kier molecular flexibility index (Phi) is 5.37. The van der Waals surface area contributed by atoms with E-state index in [1.54, 1.807) is 19.1 Å². The van der Waals surface area contributed by atoms with Crippen molar-refractivity contribution in [2.24, 2.45) is 5.92 Å². The number of hydrogen-bond acceptors (Lipinski definition) is 3. The molecule has 1 N–H and O–H groups in total. The standard InChI is InChI=1S/C19H20N2O2/c1-14-6-8-16(9-7-14)13-21(12-15(2)19(22)23)18-5-3-4-17(10-18)11-20/h3-10,15H,12-13H2,1-2H3,(H,22,23). The lowest BCUT2D eigenvalue weighted by molar-refractivity contribution is -0.140. The Morgan fingerprint density at radius 3 is 2.57 bits per heavy atom. The Bertz CT molecular complexity index is 717. The third kappa shape index (κ3) is 4.58. The van der Waals surface area contributed by atoms with Crippen molar-refractivity contribution >= 4 is 11.7 Å². The van der Waals surface area contributed by atoms with Crippen molar-refractivity contribution in [2.45, 2.75) is 20.4 Å². The molecule has 118 valence electrons. The van der Waals surface area contributed by atoms with Crippen LogP contribution in [0.25, 0.3) is 0 Å². The van der Waals surface area contributed by atoms with Crippen LogP contribution < -0.4 is 4.90 Å². The van der Waals surface area contributed by atoms with Gasteiger partial charge in [-0.3, -0.25) is 4.79 Å². The second-order valence-corrected chi connectivity index (χ2v) is 5.77. The monoisotopic (exact) mass is 308 g/mol. The van der Waals surface area contributed by atoms with Gasteiger partial charge in [-0.1, -0.05) is 42.8 Å². The van der Waals surface area contributed by atoms with Crippen LogP contribution in [0.3, 0.4) is 0 Å². The molecular formula is C19H20N2O2. The van der Waals surface area contributed by atoms with Crippen molar-refractivity contribution in [3.8, 4) is 6.07 Å². The second kappa shape index (κ2) is 7.46. The molecule has 0 aliphatic rings. The molecule has 0 bridgehead atoms. The summed E-state index contributed by atoms with van der Waals surface area (Å²) in [6.45, 7) is 4.72. The minimum Gasteiger partial charge on any atom is -0.481 e. The summed E-state index contributed by atoms with van der Waals surface area (Å²) in [6, 6.07) is 17.6. The summed E-state index contributed by atoms with van der Waals surface area (Å²) in [5.74, 6) is -1.32. The largest absolute Gasteiger partial charge is 0.481 e. The number of aryl methyl sites for hydroxylation is 1. The first-order chi connectivity index (χ1) is 11.0.